The molecule has 0 saturated heterocycles. The number of hydrogen-bond donors (Lipinski definition) is 2. The van der Waals surface area contributed by atoms with Crippen LogP contribution in [0.2, 0.25) is 0 Å². The minimum absolute atomic E-state index is 0.133. The quantitative estimate of drug-likeness (QED) is 0.671. The molecule has 13 heavy (non-hydrogen) atoms. The van der Waals surface area contributed by atoms with Gasteiger partial charge in [0, 0.05) is 11.6 Å². The van der Waals surface area contributed by atoms with Crippen LogP contribution >= 0.6 is 0 Å². The average molecular weight is 178 g/mol. The Balaban J connectivity index is 2.91. The van der Waals surface area contributed by atoms with Crippen molar-refractivity contribution in [2.75, 3.05) is 6.54 Å². The first-order valence-electron chi connectivity index (χ1n) is 4.29. The monoisotopic (exact) mass is 178 g/mol. The van der Waals surface area contributed by atoms with E-state index in [0.29, 0.717) is 18.5 Å². The van der Waals surface area contributed by atoms with Crippen LogP contribution in [0.1, 0.15) is 28.4 Å². The van der Waals surface area contributed by atoms with Gasteiger partial charge in [0.05, 0.1) is 0 Å². The molecule has 70 valence electrons. The van der Waals surface area contributed by atoms with E-state index in [1.54, 1.807) is 6.07 Å². The molecule has 0 spiro atoms. The highest BCUT2D eigenvalue weighted by Crippen LogP contribution is 2.16. The molecule has 1 aromatic rings. The molecule has 0 aromatic heterocycles. The van der Waals surface area contributed by atoms with Crippen LogP contribution in [0.25, 0.3) is 0 Å². The molecule has 0 amide bonds. The van der Waals surface area contributed by atoms with Gasteiger partial charge >= 0.3 is 0 Å². The zero-order valence-electron chi connectivity index (χ0n) is 7.44. The van der Waals surface area contributed by atoms with Crippen molar-refractivity contribution in [1.82, 2.24) is 0 Å². The minimum atomic E-state index is -0.133. The Morgan fingerprint density at radius 1 is 1.38 bits per heavy atom. The highest BCUT2D eigenvalue weighted by molar-refractivity contribution is 5.77. The smallest absolute Gasteiger partial charge is 0.150 e. The largest absolute Gasteiger partial charge is 0.330 e. The van der Waals surface area contributed by atoms with Crippen molar-refractivity contribution in [2.24, 2.45) is 11.5 Å². The van der Waals surface area contributed by atoms with Gasteiger partial charge in [-0.2, -0.15) is 0 Å². The van der Waals surface area contributed by atoms with Gasteiger partial charge in [0.2, 0.25) is 0 Å². The van der Waals surface area contributed by atoms with Crippen molar-refractivity contribution in [3.8, 4) is 0 Å². The van der Waals surface area contributed by atoms with Gasteiger partial charge in [0.25, 0.3) is 0 Å². The van der Waals surface area contributed by atoms with E-state index in [2.05, 4.69) is 0 Å². The molecule has 0 heterocycles. The van der Waals surface area contributed by atoms with Crippen LogP contribution in [0, 0.1) is 0 Å². The van der Waals surface area contributed by atoms with Crippen LogP contribution in [0.5, 0.6) is 0 Å². The van der Waals surface area contributed by atoms with Gasteiger partial charge in [-0.3, -0.25) is 4.79 Å². The molecule has 0 fully saturated rings. The fraction of sp³-hybridized carbons (Fsp3) is 0.300. The van der Waals surface area contributed by atoms with Crippen molar-refractivity contribution in [1.29, 1.82) is 0 Å². The second-order valence-electron chi connectivity index (χ2n) is 2.93. The Labute approximate surface area is 77.7 Å². The Morgan fingerprint density at radius 3 is 2.69 bits per heavy atom. The molecule has 1 atom stereocenters. The molecule has 3 nitrogen and oxygen atoms in total. The summed E-state index contributed by atoms with van der Waals surface area (Å²) in [4.78, 5) is 10.6. The Kier molecular flexibility index (Phi) is 3.61. The Bertz CT molecular complexity index is 286. The summed E-state index contributed by atoms with van der Waals surface area (Å²) in [7, 11) is 0. The van der Waals surface area contributed by atoms with Crippen molar-refractivity contribution >= 4 is 6.29 Å². The van der Waals surface area contributed by atoms with E-state index in [1.807, 2.05) is 18.2 Å². The molecule has 0 radical (unpaired) electrons. The third-order valence-electron chi connectivity index (χ3n) is 2.00. The van der Waals surface area contributed by atoms with Crippen LogP contribution in [-0.2, 0) is 0 Å². The van der Waals surface area contributed by atoms with Gasteiger partial charge in [-0.1, -0.05) is 24.3 Å². The molecule has 1 aromatic carbocycles. The summed E-state index contributed by atoms with van der Waals surface area (Å²) in [6.07, 6.45) is 1.52. The second-order valence-corrected chi connectivity index (χ2v) is 2.93. The number of nitrogens with two attached hydrogens (primary N) is 2. The summed E-state index contributed by atoms with van der Waals surface area (Å²) in [5.41, 5.74) is 12.8. The lowest BCUT2D eigenvalue weighted by Gasteiger charge is -2.12. The van der Waals surface area contributed by atoms with E-state index >= 15 is 0 Å². The van der Waals surface area contributed by atoms with Crippen molar-refractivity contribution in [3.05, 3.63) is 35.4 Å². The lowest BCUT2D eigenvalue weighted by molar-refractivity contribution is 0.112. The molecule has 0 aliphatic rings. The average Bonchev–Trinajstić information content (AvgIpc) is 2.18. The zero-order chi connectivity index (χ0) is 9.68. The van der Waals surface area contributed by atoms with E-state index in [4.69, 9.17) is 11.5 Å². The van der Waals surface area contributed by atoms with Crippen LogP contribution in [-0.4, -0.2) is 12.8 Å². The predicted octanol–water partition coefficient (Wildman–Crippen LogP) is 0.848. The maximum Gasteiger partial charge on any atom is 0.150 e. The number of carbonyl (C=O) groups excluding carboxylic acids is 1. The van der Waals surface area contributed by atoms with E-state index < -0.39 is 0 Å². The van der Waals surface area contributed by atoms with Crippen molar-refractivity contribution in [2.45, 2.75) is 12.5 Å². The summed E-state index contributed by atoms with van der Waals surface area (Å²) < 4.78 is 0. The summed E-state index contributed by atoms with van der Waals surface area (Å²) in [6.45, 7) is 0.536. The molecule has 3 heteroatoms. The van der Waals surface area contributed by atoms with Crippen LogP contribution in [0.4, 0.5) is 0 Å². The molecule has 0 saturated carbocycles. The normalized spacial score (nSPS) is 12.5. The van der Waals surface area contributed by atoms with Gasteiger partial charge in [-0.15, -0.1) is 0 Å². The number of hydrogen-bond acceptors (Lipinski definition) is 3. The number of rotatable bonds is 4. The second kappa shape index (κ2) is 4.74. The third-order valence-corrected chi connectivity index (χ3v) is 2.00. The molecule has 0 aliphatic heterocycles. The minimum Gasteiger partial charge on any atom is -0.330 e. The van der Waals surface area contributed by atoms with Gasteiger partial charge in [0.15, 0.2) is 0 Å². The summed E-state index contributed by atoms with van der Waals surface area (Å²) in [5.74, 6) is 0. The molecule has 0 bridgehead atoms. The number of benzene rings is 1. The van der Waals surface area contributed by atoms with Gasteiger partial charge < -0.3 is 11.5 Å². The lowest BCUT2D eigenvalue weighted by atomic mass is 9.99. The van der Waals surface area contributed by atoms with E-state index in [9.17, 15) is 4.79 Å². The first-order valence-corrected chi connectivity index (χ1v) is 4.29. The first-order chi connectivity index (χ1) is 6.29. The zero-order valence-corrected chi connectivity index (χ0v) is 7.44. The van der Waals surface area contributed by atoms with Crippen molar-refractivity contribution < 1.29 is 4.79 Å². The Morgan fingerprint density at radius 2 is 2.08 bits per heavy atom. The Hall–Kier alpha value is -1.19. The summed E-state index contributed by atoms with van der Waals surface area (Å²) in [6, 6.07) is 7.19. The standard InChI is InChI=1S/C10H14N2O/c11-6-5-10(12)9-4-2-1-3-8(9)7-13/h1-4,7,10H,5-6,11-12H2. The van der Waals surface area contributed by atoms with Gasteiger partial charge in [0.1, 0.15) is 6.29 Å². The van der Waals surface area contributed by atoms with E-state index in [0.717, 1.165) is 11.8 Å². The highest BCUT2D eigenvalue weighted by Gasteiger charge is 2.08. The van der Waals surface area contributed by atoms with Crippen LogP contribution in [0.15, 0.2) is 24.3 Å². The molecule has 4 N–H and O–H groups in total. The predicted molar refractivity (Wildman–Crippen MR) is 52.4 cm³/mol. The SMILES string of the molecule is NCCC(N)c1ccccc1C=O. The fourth-order valence-corrected chi connectivity index (χ4v) is 1.29. The molecule has 0 aliphatic carbocycles. The van der Waals surface area contributed by atoms with Gasteiger partial charge in [-0.05, 0) is 18.5 Å². The molecular formula is C10H14N2O. The highest BCUT2D eigenvalue weighted by atomic mass is 16.1. The maximum atomic E-state index is 10.6. The first kappa shape index (κ1) is 9.89. The van der Waals surface area contributed by atoms with Crippen LogP contribution < -0.4 is 11.5 Å². The number of aldehydes is 1. The summed E-state index contributed by atoms with van der Waals surface area (Å²) >= 11 is 0. The van der Waals surface area contributed by atoms with E-state index in [1.165, 1.54) is 0 Å². The van der Waals surface area contributed by atoms with E-state index in [-0.39, 0.29) is 6.04 Å². The maximum absolute atomic E-state index is 10.6. The van der Waals surface area contributed by atoms with Crippen LogP contribution in [0.3, 0.4) is 0 Å². The fourth-order valence-electron chi connectivity index (χ4n) is 1.29. The molecule has 1 unspecified atom stereocenters. The van der Waals surface area contributed by atoms with Gasteiger partial charge in [-0.25, -0.2) is 0 Å². The summed E-state index contributed by atoms with van der Waals surface area (Å²) in [5, 5.41) is 0. The topological polar surface area (TPSA) is 69.1 Å². The lowest BCUT2D eigenvalue weighted by Crippen LogP contribution is -2.16. The molecular weight excluding hydrogens is 164 g/mol. The number of carbonyl (C=O) groups is 1. The molecule has 1 rings (SSSR count). The van der Waals surface area contributed by atoms with Crippen molar-refractivity contribution in [3.63, 3.8) is 0 Å². The third kappa shape index (κ3) is 2.37.